The minimum Gasteiger partial charge on any atom is -0.378 e. The summed E-state index contributed by atoms with van der Waals surface area (Å²) in [4.78, 5) is 33.0. The Bertz CT molecular complexity index is 1030. The third-order valence-electron chi connectivity index (χ3n) is 6.47. The van der Waals surface area contributed by atoms with Crippen molar-refractivity contribution in [1.82, 2.24) is 20.3 Å². The van der Waals surface area contributed by atoms with Crippen molar-refractivity contribution in [1.29, 1.82) is 0 Å². The van der Waals surface area contributed by atoms with Gasteiger partial charge in [0.15, 0.2) is 11.6 Å². The predicted octanol–water partition coefficient (Wildman–Crippen LogP) is 0.473. The molecule has 3 aliphatic heterocycles. The minimum atomic E-state index is -0.349. The molecule has 1 N–H and O–H groups in total. The fraction of sp³-hybridized carbons (Fsp3) is 0.565. The van der Waals surface area contributed by atoms with Gasteiger partial charge in [-0.15, -0.1) is 0 Å². The number of piperazine rings is 1. The van der Waals surface area contributed by atoms with Crippen LogP contribution in [0.5, 0.6) is 0 Å². The molecule has 3 fully saturated rings. The van der Waals surface area contributed by atoms with Crippen LogP contribution in [0.3, 0.4) is 0 Å². The normalized spacial score (nSPS) is 20.9. The number of pyridine rings is 1. The van der Waals surface area contributed by atoms with Crippen LogP contribution in [0.25, 0.3) is 0 Å². The van der Waals surface area contributed by atoms with E-state index in [1.807, 2.05) is 15.9 Å². The van der Waals surface area contributed by atoms with Gasteiger partial charge in [-0.25, -0.2) is 14.4 Å². The molecule has 3 aliphatic rings. The second-order valence-electron chi connectivity index (χ2n) is 8.86. The number of halogens is 1. The molecule has 35 heavy (non-hydrogen) atoms. The Balaban J connectivity index is 1.17. The average Bonchev–Trinajstić information content (AvgIpc) is 3.37. The number of nitrogens with one attached hydrogen (secondary N) is 1. The molecule has 11 nitrogen and oxygen atoms in total. The molecule has 188 valence electrons. The van der Waals surface area contributed by atoms with Crippen LogP contribution in [0.15, 0.2) is 24.5 Å². The smallest absolute Gasteiger partial charge is 0.227 e. The van der Waals surface area contributed by atoms with E-state index in [-0.39, 0.29) is 17.8 Å². The molecule has 12 heteroatoms. The summed E-state index contributed by atoms with van der Waals surface area (Å²) in [6, 6.07) is 3.43. The van der Waals surface area contributed by atoms with Gasteiger partial charge in [0.2, 0.25) is 11.9 Å². The highest BCUT2D eigenvalue weighted by atomic mass is 19.1. The van der Waals surface area contributed by atoms with Crippen LogP contribution in [0.4, 0.5) is 27.7 Å². The van der Waals surface area contributed by atoms with Crippen molar-refractivity contribution >= 4 is 29.2 Å². The Kier molecular flexibility index (Phi) is 7.09. The lowest BCUT2D eigenvalue weighted by Gasteiger charge is -2.36. The number of morpholine rings is 1. The molecule has 3 saturated heterocycles. The summed E-state index contributed by atoms with van der Waals surface area (Å²) in [6.07, 6.45) is 3.36. The number of carbonyl (C=O) groups is 1. The van der Waals surface area contributed by atoms with Gasteiger partial charge in [-0.1, -0.05) is 0 Å². The van der Waals surface area contributed by atoms with E-state index in [4.69, 9.17) is 14.5 Å². The van der Waals surface area contributed by atoms with E-state index >= 15 is 4.39 Å². The van der Waals surface area contributed by atoms with Crippen molar-refractivity contribution in [2.75, 3.05) is 91.9 Å². The lowest BCUT2D eigenvalue weighted by Crippen LogP contribution is -2.47. The van der Waals surface area contributed by atoms with Crippen LogP contribution >= 0.6 is 0 Å². The van der Waals surface area contributed by atoms with E-state index < -0.39 is 0 Å². The molecular formula is C23H31FN8O3. The molecule has 0 saturated carbocycles. The Morgan fingerprint density at radius 1 is 1.09 bits per heavy atom. The second-order valence-corrected chi connectivity index (χ2v) is 8.86. The molecule has 0 radical (unpaired) electrons. The molecule has 1 unspecified atom stereocenters. The van der Waals surface area contributed by atoms with E-state index in [0.29, 0.717) is 70.7 Å². The van der Waals surface area contributed by atoms with Crippen molar-refractivity contribution in [3.63, 3.8) is 0 Å². The number of rotatable bonds is 6. The van der Waals surface area contributed by atoms with Crippen molar-refractivity contribution in [3.05, 3.63) is 30.3 Å². The highest BCUT2D eigenvalue weighted by molar-refractivity contribution is 5.72. The van der Waals surface area contributed by atoms with Crippen LogP contribution in [-0.2, 0) is 14.3 Å². The summed E-state index contributed by atoms with van der Waals surface area (Å²) < 4.78 is 26.1. The molecule has 2 aromatic rings. The van der Waals surface area contributed by atoms with E-state index in [1.165, 1.54) is 13.0 Å². The fourth-order valence-corrected chi connectivity index (χ4v) is 4.51. The first-order chi connectivity index (χ1) is 17.1. The van der Waals surface area contributed by atoms with Crippen molar-refractivity contribution < 1.29 is 18.7 Å². The van der Waals surface area contributed by atoms with Crippen LogP contribution < -0.4 is 24.9 Å². The fourth-order valence-electron chi connectivity index (χ4n) is 4.51. The number of ether oxygens (including phenoxy) is 2. The summed E-state index contributed by atoms with van der Waals surface area (Å²) in [5.74, 6) is 1.52. The van der Waals surface area contributed by atoms with Gasteiger partial charge >= 0.3 is 0 Å². The number of hydrogen-bond donors (Lipinski definition) is 1. The second kappa shape index (κ2) is 10.6. The third-order valence-corrected chi connectivity index (χ3v) is 6.47. The molecule has 5 heterocycles. The van der Waals surface area contributed by atoms with E-state index in [9.17, 15) is 4.79 Å². The first-order valence-corrected chi connectivity index (χ1v) is 12.0. The summed E-state index contributed by atoms with van der Waals surface area (Å²) in [5, 5.41) is 2.75. The summed E-state index contributed by atoms with van der Waals surface area (Å²) in [7, 11) is 0. The number of hydrogen-bond acceptors (Lipinski definition) is 10. The molecule has 0 aromatic carbocycles. The Morgan fingerprint density at radius 2 is 1.86 bits per heavy atom. The summed E-state index contributed by atoms with van der Waals surface area (Å²) >= 11 is 0. The monoisotopic (exact) mass is 486 g/mol. The van der Waals surface area contributed by atoms with Gasteiger partial charge in [0.1, 0.15) is 12.5 Å². The first-order valence-electron chi connectivity index (χ1n) is 12.0. The maximum Gasteiger partial charge on any atom is 0.227 e. The predicted molar refractivity (Wildman–Crippen MR) is 129 cm³/mol. The van der Waals surface area contributed by atoms with Crippen LogP contribution in [0.1, 0.15) is 6.92 Å². The van der Waals surface area contributed by atoms with Crippen molar-refractivity contribution in [2.45, 2.75) is 13.0 Å². The van der Waals surface area contributed by atoms with E-state index in [2.05, 4.69) is 25.1 Å². The number of anilines is 4. The third kappa shape index (κ3) is 5.54. The summed E-state index contributed by atoms with van der Waals surface area (Å²) in [6.45, 7) is 8.50. The van der Waals surface area contributed by atoms with Gasteiger partial charge in [0.25, 0.3) is 0 Å². The van der Waals surface area contributed by atoms with Gasteiger partial charge < -0.3 is 34.4 Å². The highest BCUT2D eigenvalue weighted by Crippen LogP contribution is 2.26. The van der Waals surface area contributed by atoms with E-state index in [1.54, 1.807) is 12.4 Å². The molecule has 0 spiro atoms. The topological polar surface area (TPSA) is 99.2 Å². The Morgan fingerprint density at radius 3 is 2.60 bits per heavy atom. The Hall–Kier alpha value is -3.25. The number of aromatic nitrogens is 3. The first kappa shape index (κ1) is 23.5. The standard InChI is InChI=1S/C23H31FN8O3/c1-17(33)26-14-19-15-32(16-35-19)18-12-20(24)22(27-13-18)30-6-4-29(5-7-30)21-2-3-25-23(28-21)31-8-10-34-11-9-31/h2-3,12-13,19H,4-11,14-16H2,1H3,(H,26,33). The molecule has 1 atom stereocenters. The largest absolute Gasteiger partial charge is 0.378 e. The van der Waals surface area contributed by atoms with Crippen LogP contribution in [0.2, 0.25) is 0 Å². The zero-order valence-corrected chi connectivity index (χ0v) is 19.9. The van der Waals surface area contributed by atoms with E-state index in [0.717, 1.165) is 24.9 Å². The van der Waals surface area contributed by atoms with Crippen molar-refractivity contribution in [2.24, 2.45) is 0 Å². The Labute approximate surface area is 203 Å². The maximum atomic E-state index is 15.0. The lowest BCUT2D eigenvalue weighted by atomic mass is 10.2. The zero-order valence-electron chi connectivity index (χ0n) is 19.9. The highest BCUT2D eigenvalue weighted by Gasteiger charge is 2.26. The lowest BCUT2D eigenvalue weighted by molar-refractivity contribution is -0.119. The van der Waals surface area contributed by atoms with Crippen LogP contribution in [-0.4, -0.2) is 99.3 Å². The van der Waals surface area contributed by atoms with Gasteiger partial charge in [0, 0.05) is 71.5 Å². The van der Waals surface area contributed by atoms with Gasteiger partial charge in [-0.2, -0.15) is 4.98 Å². The SMILES string of the molecule is CC(=O)NCC1CN(c2cnc(N3CCN(c4ccnc(N5CCOCC5)n4)CC3)c(F)c2)CO1. The maximum absolute atomic E-state index is 15.0. The zero-order chi connectivity index (χ0) is 24.2. The molecule has 5 rings (SSSR count). The van der Waals surface area contributed by atoms with Gasteiger partial charge in [0.05, 0.1) is 31.2 Å². The van der Waals surface area contributed by atoms with Crippen LogP contribution in [0, 0.1) is 5.82 Å². The minimum absolute atomic E-state index is 0.0959. The molecule has 0 bridgehead atoms. The molecule has 2 aromatic heterocycles. The number of nitrogens with zero attached hydrogens (tertiary/aromatic N) is 7. The summed E-state index contributed by atoms with van der Waals surface area (Å²) in [5.41, 5.74) is 0.673. The quantitative estimate of drug-likeness (QED) is 0.621. The molecular weight excluding hydrogens is 455 g/mol. The number of carbonyl (C=O) groups excluding carboxylic acids is 1. The number of amides is 1. The average molecular weight is 487 g/mol. The molecule has 0 aliphatic carbocycles. The van der Waals surface area contributed by atoms with Gasteiger partial charge in [-0.3, -0.25) is 4.79 Å². The van der Waals surface area contributed by atoms with Gasteiger partial charge in [-0.05, 0) is 6.07 Å². The molecule has 1 amide bonds. The van der Waals surface area contributed by atoms with Crippen molar-refractivity contribution in [3.8, 4) is 0 Å².